The van der Waals surface area contributed by atoms with Crippen LogP contribution in [0.4, 0.5) is 5.82 Å². The van der Waals surface area contributed by atoms with E-state index in [-0.39, 0.29) is 0 Å². The van der Waals surface area contributed by atoms with Crippen molar-refractivity contribution in [3.63, 3.8) is 0 Å². The zero-order chi connectivity index (χ0) is 14.4. The molecule has 0 aliphatic carbocycles. The molecule has 0 aliphatic heterocycles. The Kier molecular flexibility index (Phi) is 5.85. The maximum absolute atomic E-state index is 5.46. The smallest absolute Gasteiger partial charge is 0.134 e. The average Bonchev–Trinajstić information content (AvgIpc) is 2.33. The zero-order valence-electron chi connectivity index (χ0n) is 12.7. The van der Waals surface area contributed by atoms with Crippen molar-refractivity contribution in [2.24, 2.45) is 0 Å². The Morgan fingerprint density at radius 1 is 1.42 bits per heavy atom. The summed E-state index contributed by atoms with van der Waals surface area (Å²) in [5, 5.41) is 3.47. The SMILES string of the molecule is C#CCN(CC)c1nc(C)cc(C)c1CNC(C)C. The van der Waals surface area contributed by atoms with Gasteiger partial charge in [0.2, 0.25) is 0 Å². The highest BCUT2D eigenvalue weighted by molar-refractivity contribution is 5.52. The fourth-order valence-electron chi connectivity index (χ4n) is 2.08. The summed E-state index contributed by atoms with van der Waals surface area (Å²) in [4.78, 5) is 6.84. The van der Waals surface area contributed by atoms with Crippen molar-refractivity contribution >= 4 is 5.82 Å². The molecule has 0 radical (unpaired) electrons. The van der Waals surface area contributed by atoms with Crippen molar-refractivity contribution in [2.75, 3.05) is 18.0 Å². The van der Waals surface area contributed by atoms with Crippen LogP contribution in [0.25, 0.3) is 0 Å². The van der Waals surface area contributed by atoms with Crippen LogP contribution < -0.4 is 10.2 Å². The second kappa shape index (κ2) is 7.16. The summed E-state index contributed by atoms with van der Waals surface area (Å²) in [6.07, 6.45) is 5.46. The number of anilines is 1. The van der Waals surface area contributed by atoms with Crippen LogP contribution in [0, 0.1) is 26.2 Å². The Labute approximate surface area is 117 Å². The fourth-order valence-corrected chi connectivity index (χ4v) is 2.08. The lowest BCUT2D eigenvalue weighted by Gasteiger charge is -2.24. The summed E-state index contributed by atoms with van der Waals surface area (Å²) in [6.45, 7) is 12.9. The normalized spacial score (nSPS) is 10.6. The van der Waals surface area contributed by atoms with Gasteiger partial charge >= 0.3 is 0 Å². The van der Waals surface area contributed by atoms with Gasteiger partial charge in [-0.15, -0.1) is 6.42 Å². The molecule has 3 nitrogen and oxygen atoms in total. The predicted octanol–water partition coefficient (Wildman–Crippen LogP) is 2.66. The van der Waals surface area contributed by atoms with E-state index in [2.05, 4.69) is 49.9 Å². The van der Waals surface area contributed by atoms with Gasteiger partial charge in [-0.25, -0.2) is 4.98 Å². The number of aryl methyl sites for hydroxylation is 2. The van der Waals surface area contributed by atoms with Gasteiger partial charge in [-0.2, -0.15) is 0 Å². The molecule has 0 fully saturated rings. The van der Waals surface area contributed by atoms with Crippen LogP contribution in [0.15, 0.2) is 6.07 Å². The average molecular weight is 259 g/mol. The van der Waals surface area contributed by atoms with E-state index >= 15 is 0 Å². The number of aromatic nitrogens is 1. The molecule has 104 valence electrons. The van der Waals surface area contributed by atoms with Crippen molar-refractivity contribution in [3.8, 4) is 12.3 Å². The number of rotatable bonds is 6. The van der Waals surface area contributed by atoms with E-state index in [1.807, 2.05) is 6.92 Å². The van der Waals surface area contributed by atoms with Gasteiger partial charge in [0.25, 0.3) is 0 Å². The Hall–Kier alpha value is -1.53. The van der Waals surface area contributed by atoms with Crippen molar-refractivity contribution in [3.05, 3.63) is 22.9 Å². The van der Waals surface area contributed by atoms with Crippen molar-refractivity contribution in [1.29, 1.82) is 0 Å². The minimum Gasteiger partial charge on any atom is -0.345 e. The molecule has 0 spiro atoms. The minimum absolute atomic E-state index is 0.455. The molecule has 0 saturated carbocycles. The van der Waals surface area contributed by atoms with Gasteiger partial charge in [-0.3, -0.25) is 0 Å². The molecule has 1 heterocycles. The van der Waals surface area contributed by atoms with Crippen LogP contribution in [0.1, 0.15) is 37.6 Å². The highest BCUT2D eigenvalue weighted by atomic mass is 15.2. The Balaban J connectivity index is 3.15. The molecule has 0 amide bonds. The van der Waals surface area contributed by atoms with E-state index in [1.54, 1.807) is 0 Å². The molecule has 0 unspecified atom stereocenters. The summed E-state index contributed by atoms with van der Waals surface area (Å²) < 4.78 is 0. The second-order valence-corrected chi connectivity index (χ2v) is 5.14. The molecule has 0 aromatic carbocycles. The Morgan fingerprint density at radius 3 is 2.63 bits per heavy atom. The van der Waals surface area contributed by atoms with Crippen LogP contribution in [0.5, 0.6) is 0 Å². The summed E-state index contributed by atoms with van der Waals surface area (Å²) in [6, 6.07) is 2.58. The Bertz CT molecular complexity index is 458. The number of nitrogens with zero attached hydrogens (tertiary/aromatic N) is 2. The number of terminal acetylenes is 1. The first kappa shape index (κ1) is 15.5. The lowest BCUT2D eigenvalue weighted by atomic mass is 10.1. The summed E-state index contributed by atoms with van der Waals surface area (Å²) in [7, 11) is 0. The molecule has 1 aromatic heterocycles. The van der Waals surface area contributed by atoms with E-state index in [4.69, 9.17) is 11.4 Å². The third-order valence-corrected chi connectivity index (χ3v) is 3.10. The standard InChI is InChI=1S/C16H25N3/c1-7-9-19(8-2)16-15(11-17-12(3)4)13(5)10-14(6)18-16/h1,10,12,17H,8-9,11H2,2-6H3. The van der Waals surface area contributed by atoms with Crippen molar-refractivity contribution in [1.82, 2.24) is 10.3 Å². The molecule has 0 bridgehead atoms. The van der Waals surface area contributed by atoms with Crippen LogP contribution in [-0.2, 0) is 6.54 Å². The van der Waals surface area contributed by atoms with Gasteiger partial charge in [0, 0.05) is 30.4 Å². The second-order valence-electron chi connectivity index (χ2n) is 5.14. The van der Waals surface area contributed by atoms with Gasteiger partial charge in [-0.05, 0) is 32.4 Å². The first-order valence-electron chi connectivity index (χ1n) is 6.88. The maximum atomic E-state index is 5.46. The number of hydrogen-bond donors (Lipinski definition) is 1. The van der Waals surface area contributed by atoms with Gasteiger partial charge in [-0.1, -0.05) is 19.8 Å². The van der Waals surface area contributed by atoms with E-state index in [9.17, 15) is 0 Å². The fraction of sp³-hybridized carbons (Fsp3) is 0.562. The first-order valence-corrected chi connectivity index (χ1v) is 6.88. The number of hydrogen-bond acceptors (Lipinski definition) is 3. The summed E-state index contributed by atoms with van der Waals surface area (Å²) in [5.41, 5.74) is 3.55. The van der Waals surface area contributed by atoms with Crippen molar-refractivity contribution < 1.29 is 0 Å². The molecule has 1 aromatic rings. The van der Waals surface area contributed by atoms with Crippen LogP contribution in [0.3, 0.4) is 0 Å². The molecule has 1 rings (SSSR count). The van der Waals surface area contributed by atoms with Gasteiger partial charge < -0.3 is 10.2 Å². The molecule has 0 saturated heterocycles. The molecular weight excluding hydrogens is 234 g/mol. The third-order valence-electron chi connectivity index (χ3n) is 3.10. The van der Waals surface area contributed by atoms with Gasteiger partial charge in [0.1, 0.15) is 5.82 Å². The lowest BCUT2D eigenvalue weighted by molar-refractivity contribution is 0.585. The highest BCUT2D eigenvalue weighted by Crippen LogP contribution is 2.22. The van der Waals surface area contributed by atoms with E-state index in [0.717, 1.165) is 24.6 Å². The minimum atomic E-state index is 0.455. The van der Waals surface area contributed by atoms with Gasteiger partial charge in [0.05, 0.1) is 6.54 Å². The molecule has 19 heavy (non-hydrogen) atoms. The maximum Gasteiger partial charge on any atom is 0.134 e. The Morgan fingerprint density at radius 2 is 2.11 bits per heavy atom. The van der Waals surface area contributed by atoms with Crippen molar-refractivity contribution in [2.45, 2.75) is 47.2 Å². The van der Waals surface area contributed by atoms with Crippen LogP contribution >= 0.6 is 0 Å². The molecule has 0 aliphatic rings. The van der Waals surface area contributed by atoms with Gasteiger partial charge in [0.15, 0.2) is 0 Å². The quantitative estimate of drug-likeness (QED) is 0.796. The number of pyridine rings is 1. The molecule has 1 N–H and O–H groups in total. The third kappa shape index (κ3) is 4.25. The van der Waals surface area contributed by atoms with E-state index in [1.165, 1.54) is 11.1 Å². The van der Waals surface area contributed by atoms with E-state index in [0.29, 0.717) is 12.6 Å². The summed E-state index contributed by atoms with van der Waals surface area (Å²) in [5.74, 6) is 3.73. The zero-order valence-corrected chi connectivity index (χ0v) is 12.7. The molecule has 0 atom stereocenters. The van der Waals surface area contributed by atoms with Crippen LogP contribution in [-0.4, -0.2) is 24.1 Å². The molecule has 3 heteroatoms. The largest absolute Gasteiger partial charge is 0.345 e. The number of nitrogens with one attached hydrogen (secondary N) is 1. The summed E-state index contributed by atoms with van der Waals surface area (Å²) >= 11 is 0. The monoisotopic (exact) mass is 259 g/mol. The topological polar surface area (TPSA) is 28.2 Å². The van der Waals surface area contributed by atoms with Crippen LogP contribution in [0.2, 0.25) is 0 Å². The highest BCUT2D eigenvalue weighted by Gasteiger charge is 2.14. The first-order chi connectivity index (χ1) is 8.99. The predicted molar refractivity (Wildman–Crippen MR) is 82.4 cm³/mol. The lowest BCUT2D eigenvalue weighted by Crippen LogP contribution is -2.29. The van der Waals surface area contributed by atoms with E-state index < -0.39 is 0 Å². The molecular formula is C16H25N3.